The Kier molecular flexibility index (Phi) is 4.28. The van der Waals surface area contributed by atoms with Crippen molar-refractivity contribution in [3.8, 4) is 5.88 Å². The Morgan fingerprint density at radius 2 is 2.05 bits per heavy atom. The minimum atomic E-state index is -3.84. The van der Waals surface area contributed by atoms with Gasteiger partial charge in [0.15, 0.2) is 0 Å². The molecule has 9 heteroatoms. The third kappa shape index (κ3) is 3.10. The van der Waals surface area contributed by atoms with Crippen molar-refractivity contribution in [1.82, 2.24) is 9.97 Å². The molecule has 1 heterocycles. The number of nitrogens with one attached hydrogen (secondary N) is 1. The molecule has 0 aliphatic heterocycles. The number of anilines is 2. The van der Waals surface area contributed by atoms with E-state index in [1.807, 2.05) is 22.6 Å². The summed E-state index contributed by atoms with van der Waals surface area (Å²) in [4.78, 5) is 7.83. The van der Waals surface area contributed by atoms with Gasteiger partial charge >= 0.3 is 0 Å². The molecule has 106 valence electrons. The molecule has 3 N–H and O–H groups in total. The van der Waals surface area contributed by atoms with Crippen LogP contribution in [0.15, 0.2) is 35.4 Å². The van der Waals surface area contributed by atoms with E-state index in [1.54, 1.807) is 12.1 Å². The lowest BCUT2D eigenvalue weighted by atomic mass is 10.3. The highest BCUT2D eigenvalue weighted by Gasteiger charge is 2.19. The molecule has 0 aliphatic rings. The lowest BCUT2D eigenvalue weighted by molar-refractivity contribution is 0.394. The van der Waals surface area contributed by atoms with Gasteiger partial charge in [0.1, 0.15) is 4.90 Å². The van der Waals surface area contributed by atoms with Crippen LogP contribution in [0.4, 0.5) is 11.6 Å². The third-order valence-electron chi connectivity index (χ3n) is 2.34. The highest BCUT2D eigenvalue weighted by Crippen LogP contribution is 2.22. The molecular formula is C11H11IN4O3S. The fraction of sp³-hybridized carbons (Fsp3) is 0.0909. The van der Waals surface area contributed by atoms with E-state index in [1.165, 1.54) is 25.4 Å². The van der Waals surface area contributed by atoms with Gasteiger partial charge in [-0.15, -0.1) is 0 Å². The molecule has 0 aliphatic carbocycles. The molecule has 20 heavy (non-hydrogen) atoms. The zero-order chi connectivity index (χ0) is 14.8. The van der Waals surface area contributed by atoms with Gasteiger partial charge in [-0.1, -0.05) is 12.1 Å². The number of nitrogens with zero attached hydrogens (tertiary/aromatic N) is 2. The highest BCUT2D eigenvalue weighted by molar-refractivity contribution is 14.1. The lowest BCUT2D eigenvalue weighted by Crippen LogP contribution is -2.16. The molecule has 0 fully saturated rings. The van der Waals surface area contributed by atoms with E-state index in [0.29, 0.717) is 9.45 Å². The summed E-state index contributed by atoms with van der Waals surface area (Å²) in [6.07, 6.45) is 1.46. The van der Waals surface area contributed by atoms with Gasteiger partial charge in [-0.2, -0.15) is 4.98 Å². The molecule has 0 unspecified atom stereocenters. The number of nitrogens with two attached hydrogens (primary N) is 1. The van der Waals surface area contributed by atoms with Gasteiger partial charge in [-0.3, -0.25) is 0 Å². The molecule has 7 nitrogen and oxygen atoms in total. The van der Waals surface area contributed by atoms with Crippen molar-refractivity contribution in [3.63, 3.8) is 0 Å². The van der Waals surface area contributed by atoms with Crippen molar-refractivity contribution in [2.24, 2.45) is 0 Å². The van der Waals surface area contributed by atoms with Gasteiger partial charge in [0.05, 0.1) is 16.4 Å². The summed E-state index contributed by atoms with van der Waals surface area (Å²) in [6, 6.07) is 6.14. The molecule has 0 saturated carbocycles. The number of benzene rings is 1. The van der Waals surface area contributed by atoms with Gasteiger partial charge < -0.3 is 10.5 Å². The molecule has 0 atom stereocenters. The topological polar surface area (TPSA) is 107 Å². The molecular weight excluding hydrogens is 395 g/mol. The molecule has 0 saturated heterocycles. The van der Waals surface area contributed by atoms with Gasteiger partial charge in [-0.25, -0.2) is 18.1 Å². The molecule has 0 spiro atoms. The van der Waals surface area contributed by atoms with Crippen LogP contribution in [0.5, 0.6) is 5.88 Å². The first-order valence-corrected chi connectivity index (χ1v) is 7.94. The molecule has 2 rings (SSSR count). The van der Waals surface area contributed by atoms with Gasteiger partial charge in [0, 0.05) is 6.20 Å². The smallest absolute Gasteiger partial charge is 0.266 e. The van der Waals surface area contributed by atoms with Crippen LogP contribution in [0.2, 0.25) is 0 Å². The number of sulfonamides is 1. The quantitative estimate of drug-likeness (QED) is 0.589. The number of nitrogen functional groups attached to an aromatic ring is 1. The van der Waals surface area contributed by atoms with Crippen molar-refractivity contribution in [2.45, 2.75) is 4.90 Å². The van der Waals surface area contributed by atoms with Crippen LogP contribution in [0.25, 0.3) is 0 Å². The first kappa shape index (κ1) is 14.8. The van der Waals surface area contributed by atoms with E-state index < -0.39 is 10.0 Å². The number of hydrogen-bond donors (Lipinski definition) is 2. The van der Waals surface area contributed by atoms with Crippen LogP contribution in [0, 0.1) is 3.57 Å². The van der Waals surface area contributed by atoms with Crippen LogP contribution in [0.1, 0.15) is 0 Å². The summed E-state index contributed by atoms with van der Waals surface area (Å²) in [5.41, 5.74) is 5.81. The van der Waals surface area contributed by atoms with Crippen molar-refractivity contribution in [1.29, 1.82) is 0 Å². The van der Waals surface area contributed by atoms with Crippen molar-refractivity contribution < 1.29 is 13.2 Å². The molecule has 2 aromatic rings. The number of methoxy groups -OCH3 is 1. The Hall–Kier alpha value is -1.62. The minimum Gasteiger partial charge on any atom is -0.480 e. The number of halogens is 1. The van der Waals surface area contributed by atoms with Crippen molar-refractivity contribution in [2.75, 3.05) is 17.6 Å². The first-order chi connectivity index (χ1) is 9.44. The Morgan fingerprint density at radius 1 is 1.35 bits per heavy atom. The highest BCUT2D eigenvalue weighted by atomic mass is 127. The number of hydrogen-bond acceptors (Lipinski definition) is 6. The minimum absolute atomic E-state index is 0.0267. The summed E-state index contributed by atoms with van der Waals surface area (Å²) in [5.74, 6) is 0.213. The van der Waals surface area contributed by atoms with Crippen LogP contribution in [-0.2, 0) is 10.0 Å². The normalized spacial score (nSPS) is 11.1. The van der Waals surface area contributed by atoms with Gasteiger partial charge in [0.2, 0.25) is 11.8 Å². The summed E-state index contributed by atoms with van der Waals surface area (Å²) in [7, 11) is -2.40. The average Bonchev–Trinajstić information content (AvgIpc) is 2.41. The van der Waals surface area contributed by atoms with E-state index in [0.717, 1.165) is 0 Å². The summed E-state index contributed by atoms with van der Waals surface area (Å²) in [5, 5.41) is 0. The SMILES string of the molecule is COc1nc(NS(=O)(=O)c2ccccc2N)ncc1I. The fourth-order valence-corrected chi connectivity index (χ4v) is 3.01. The zero-order valence-corrected chi connectivity index (χ0v) is 13.3. The summed E-state index contributed by atoms with van der Waals surface area (Å²) in [6.45, 7) is 0. The van der Waals surface area contributed by atoms with Crippen molar-refractivity contribution >= 4 is 44.2 Å². The maximum atomic E-state index is 12.2. The Bertz CT molecular complexity index is 736. The average molecular weight is 406 g/mol. The zero-order valence-electron chi connectivity index (χ0n) is 10.4. The van der Waals surface area contributed by atoms with Crippen LogP contribution in [-0.4, -0.2) is 25.5 Å². The molecule has 0 amide bonds. The number of para-hydroxylation sites is 1. The number of rotatable bonds is 4. The van der Waals surface area contributed by atoms with Gasteiger partial charge in [0.25, 0.3) is 10.0 Å². The maximum absolute atomic E-state index is 12.2. The first-order valence-electron chi connectivity index (χ1n) is 5.38. The molecule has 0 radical (unpaired) electrons. The van der Waals surface area contributed by atoms with E-state index >= 15 is 0 Å². The van der Waals surface area contributed by atoms with E-state index in [4.69, 9.17) is 10.5 Å². The maximum Gasteiger partial charge on any atom is 0.266 e. The number of aromatic nitrogens is 2. The van der Waals surface area contributed by atoms with Gasteiger partial charge in [-0.05, 0) is 34.7 Å². The molecule has 1 aromatic heterocycles. The van der Waals surface area contributed by atoms with Crippen LogP contribution < -0.4 is 15.2 Å². The summed E-state index contributed by atoms with van der Waals surface area (Å²) >= 11 is 1.98. The van der Waals surface area contributed by atoms with E-state index in [9.17, 15) is 8.42 Å². The monoisotopic (exact) mass is 406 g/mol. The molecule has 0 bridgehead atoms. The second-order valence-corrected chi connectivity index (χ2v) is 6.51. The van der Waals surface area contributed by atoms with E-state index in [-0.39, 0.29) is 16.5 Å². The third-order valence-corrected chi connectivity index (χ3v) is 4.48. The molecule has 1 aromatic carbocycles. The second kappa shape index (κ2) is 5.79. The lowest BCUT2D eigenvalue weighted by Gasteiger charge is -2.09. The summed E-state index contributed by atoms with van der Waals surface area (Å²) < 4.78 is 32.3. The van der Waals surface area contributed by atoms with Crippen molar-refractivity contribution in [3.05, 3.63) is 34.0 Å². The fourth-order valence-electron chi connectivity index (χ4n) is 1.44. The standard InChI is InChI=1S/C11H11IN4O3S/c1-19-10-7(12)6-14-11(15-10)16-20(17,18)9-5-3-2-4-8(9)13/h2-6H,13H2,1H3,(H,14,15,16). The second-order valence-electron chi connectivity index (χ2n) is 3.69. The van der Waals surface area contributed by atoms with E-state index in [2.05, 4.69) is 14.7 Å². The van der Waals surface area contributed by atoms with Crippen LogP contribution >= 0.6 is 22.6 Å². The largest absolute Gasteiger partial charge is 0.480 e. The predicted molar refractivity (Wildman–Crippen MR) is 83.0 cm³/mol. The predicted octanol–water partition coefficient (Wildman–Crippen LogP) is 1.47. The Balaban J connectivity index is 2.36. The number of ether oxygens (including phenoxy) is 1. The Labute approximate surface area is 129 Å². The van der Waals surface area contributed by atoms with Crippen LogP contribution in [0.3, 0.4) is 0 Å². The Morgan fingerprint density at radius 3 is 2.70 bits per heavy atom.